The molecule has 2 aromatic carbocycles. The van der Waals surface area contributed by atoms with Crippen molar-refractivity contribution >= 4 is 57.5 Å². The molecule has 2 N–H and O–H groups in total. The van der Waals surface area contributed by atoms with E-state index >= 15 is 4.39 Å². The largest absolute Gasteiger partial charge is 0.465 e. The maximum Gasteiger partial charge on any atom is 0.337 e. The highest BCUT2D eigenvalue weighted by Crippen LogP contribution is 2.39. The maximum absolute atomic E-state index is 15.1. The third kappa shape index (κ3) is 5.00. The zero-order valence-electron chi connectivity index (χ0n) is 20.2. The molecule has 0 atom stereocenters. The standard InChI is InChI=1S/C26H25FN4O4S/c1-30(2)13-22(32)31(3)21-8-6-17(12-19(21)27)28-24(16-9-10-36-14-16)23-18-7-5-15(26(34)35-4)11-20(18)29-25(23)33/h5-12,14,28H,13H2,1-4H3,(H,29,33)/b24-23-. The van der Waals surface area contributed by atoms with Gasteiger partial charge in [0.15, 0.2) is 0 Å². The second-order valence-corrected chi connectivity index (χ2v) is 9.23. The van der Waals surface area contributed by atoms with E-state index in [1.54, 1.807) is 43.3 Å². The van der Waals surface area contributed by atoms with Gasteiger partial charge >= 0.3 is 5.97 Å². The number of nitrogens with zero attached hydrogens (tertiary/aromatic N) is 2. The van der Waals surface area contributed by atoms with Crippen LogP contribution in [0.15, 0.2) is 53.2 Å². The number of methoxy groups -OCH3 is 1. The highest BCUT2D eigenvalue weighted by atomic mass is 32.1. The number of halogens is 1. The van der Waals surface area contributed by atoms with Crippen molar-refractivity contribution in [3.05, 3.63) is 75.7 Å². The molecule has 0 saturated heterocycles. The summed E-state index contributed by atoms with van der Waals surface area (Å²) in [5, 5.41) is 9.74. The topological polar surface area (TPSA) is 91.0 Å². The number of esters is 1. The SMILES string of the molecule is COC(=O)c1ccc2c(c1)NC(=O)/C2=C(\Nc1ccc(N(C)C(=O)CN(C)C)c(F)c1)c1ccsc1. The highest BCUT2D eigenvalue weighted by Gasteiger charge is 2.29. The molecule has 1 aromatic heterocycles. The normalized spacial score (nSPS) is 13.8. The van der Waals surface area contributed by atoms with E-state index in [1.165, 1.54) is 42.5 Å². The summed E-state index contributed by atoms with van der Waals surface area (Å²) >= 11 is 1.46. The third-order valence-corrected chi connectivity index (χ3v) is 6.33. The van der Waals surface area contributed by atoms with Crippen molar-refractivity contribution in [2.45, 2.75) is 0 Å². The summed E-state index contributed by atoms with van der Waals surface area (Å²) in [6.07, 6.45) is 0. The average Bonchev–Trinajstić information content (AvgIpc) is 3.48. The molecule has 2 heterocycles. The number of rotatable bonds is 7. The lowest BCUT2D eigenvalue weighted by atomic mass is 10.00. The Morgan fingerprint density at radius 2 is 1.86 bits per heavy atom. The van der Waals surface area contributed by atoms with E-state index in [-0.39, 0.29) is 24.0 Å². The first-order valence-corrected chi connectivity index (χ1v) is 11.9. The molecule has 0 fully saturated rings. The summed E-state index contributed by atoms with van der Waals surface area (Å²) in [7, 11) is 6.35. The van der Waals surface area contributed by atoms with Crippen LogP contribution in [0.1, 0.15) is 21.5 Å². The van der Waals surface area contributed by atoms with Crippen LogP contribution in [-0.4, -0.2) is 57.5 Å². The molecule has 0 spiro atoms. The van der Waals surface area contributed by atoms with Crippen LogP contribution in [0.5, 0.6) is 0 Å². The fourth-order valence-electron chi connectivity index (χ4n) is 3.86. The predicted octanol–water partition coefficient (Wildman–Crippen LogP) is 4.13. The molecule has 0 unspecified atom stereocenters. The Balaban J connectivity index is 1.72. The number of fused-ring (bicyclic) bond motifs is 1. The number of amides is 2. The number of nitrogens with one attached hydrogen (secondary N) is 2. The minimum atomic E-state index is -0.580. The van der Waals surface area contributed by atoms with Gasteiger partial charge in [-0.1, -0.05) is 6.07 Å². The molecule has 186 valence electrons. The summed E-state index contributed by atoms with van der Waals surface area (Å²) in [4.78, 5) is 40.3. The van der Waals surface area contributed by atoms with Crippen molar-refractivity contribution in [1.82, 2.24) is 4.90 Å². The summed E-state index contributed by atoms with van der Waals surface area (Å²) in [5.41, 5.74) is 3.56. The second kappa shape index (κ2) is 10.3. The number of likely N-dealkylation sites (N-methyl/N-ethyl adjacent to an activating group) is 2. The van der Waals surface area contributed by atoms with Gasteiger partial charge in [0.1, 0.15) is 5.82 Å². The summed E-state index contributed by atoms with van der Waals surface area (Å²) in [6, 6.07) is 11.1. The van der Waals surface area contributed by atoms with E-state index in [9.17, 15) is 14.4 Å². The van der Waals surface area contributed by atoms with Gasteiger partial charge in [-0.2, -0.15) is 11.3 Å². The van der Waals surface area contributed by atoms with Crippen LogP contribution in [0.3, 0.4) is 0 Å². The Bertz CT molecular complexity index is 1370. The van der Waals surface area contributed by atoms with Crippen molar-refractivity contribution in [3.63, 3.8) is 0 Å². The van der Waals surface area contributed by atoms with Gasteiger partial charge in [-0.05, 0) is 55.9 Å². The molecule has 2 amide bonds. The molecule has 36 heavy (non-hydrogen) atoms. The monoisotopic (exact) mass is 508 g/mol. The van der Waals surface area contributed by atoms with Crippen molar-refractivity contribution in [3.8, 4) is 0 Å². The number of ether oxygens (including phenoxy) is 1. The fourth-order valence-corrected chi connectivity index (χ4v) is 4.51. The molecular weight excluding hydrogens is 483 g/mol. The zero-order chi connectivity index (χ0) is 26.0. The van der Waals surface area contributed by atoms with Crippen molar-refractivity contribution in [1.29, 1.82) is 0 Å². The molecular formula is C26H25FN4O4S. The van der Waals surface area contributed by atoms with Gasteiger partial charge in [-0.25, -0.2) is 9.18 Å². The molecule has 0 bridgehead atoms. The Morgan fingerprint density at radius 1 is 1.08 bits per heavy atom. The Kier molecular flexibility index (Phi) is 7.18. The molecule has 0 saturated carbocycles. The Hall–Kier alpha value is -4.02. The van der Waals surface area contributed by atoms with Gasteiger partial charge in [0.05, 0.1) is 41.9 Å². The molecule has 8 nitrogen and oxygen atoms in total. The lowest BCUT2D eigenvalue weighted by Gasteiger charge is -2.21. The molecule has 0 aliphatic carbocycles. The number of hydrogen-bond acceptors (Lipinski definition) is 7. The molecule has 3 aromatic rings. The van der Waals surface area contributed by atoms with E-state index in [0.29, 0.717) is 33.8 Å². The predicted molar refractivity (Wildman–Crippen MR) is 140 cm³/mol. The maximum atomic E-state index is 15.1. The highest BCUT2D eigenvalue weighted by molar-refractivity contribution is 7.08. The van der Waals surface area contributed by atoms with Gasteiger partial charge < -0.3 is 25.2 Å². The van der Waals surface area contributed by atoms with Gasteiger partial charge in [0, 0.05) is 29.2 Å². The van der Waals surface area contributed by atoms with E-state index in [0.717, 1.165) is 5.56 Å². The molecule has 0 radical (unpaired) electrons. The van der Waals surface area contributed by atoms with E-state index in [4.69, 9.17) is 4.74 Å². The van der Waals surface area contributed by atoms with E-state index in [2.05, 4.69) is 10.6 Å². The lowest BCUT2D eigenvalue weighted by Crippen LogP contribution is -2.35. The van der Waals surface area contributed by atoms with Gasteiger partial charge in [0.2, 0.25) is 5.91 Å². The second-order valence-electron chi connectivity index (χ2n) is 8.45. The Labute approximate surface area is 212 Å². The third-order valence-electron chi connectivity index (χ3n) is 5.65. The minimum absolute atomic E-state index is 0.149. The van der Waals surface area contributed by atoms with E-state index < -0.39 is 11.8 Å². The number of hydrogen-bond donors (Lipinski definition) is 2. The minimum Gasteiger partial charge on any atom is -0.465 e. The van der Waals surface area contributed by atoms with Crippen molar-refractivity contribution in [2.75, 3.05) is 50.3 Å². The number of benzene rings is 2. The van der Waals surface area contributed by atoms with Gasteiger partial charge in [0.25, 0.3) is 5.91 Å². The zero-order valence-corrected chi connectivity index (χ0v) is 21.0. The fraction of sp³-hybridized carbons (Fsp3) is 0.192. The number of carbonyl (C=O) groups is 3. The Morgan fingerprint density at radius 3 is 2.50 bits per heavy atom. The number of anilines is 3. The van der Waals surface area contributed by atoms with Crippen LogP contribution in [0, 0.1) is 5.82 Å². The molecule has 4 rings (SSSR count). The van der Waals surface area contributed by atoms with Gasteiger partial charge in [-0.3, -0.25) is 9.59 Å². The van der Waals surface area contributed by atoms with Crippen LogP contribution < -0.4 is 15.5 Å². The van der Waals surface area contributed by atoms with E-state index in [1.807, 2.05) is 16.8 Å². The number of carbonyl (C=O) groups excluding carboxylic acids is 3. The smallest absolute Gasteiger partial charge is 0.337 e. The average molecular weight is 509 g/mol. The molecule has 10 heteroatoms. The first kappa shape index (κ1) is 25.1. The van der Waals surface area contributed by atoms with Crippen LogP contribution in [0.2, 0.25) is 0 Å². The summed E-state index contributed by atoms with van der Waals surface area (Å²) < 4.78 is 19.8. The first-order chi connectivity index (χ1) is 17.2. The van der Waals surface area contributed by atoms with Crippen LogP contribution in [0.4, 0.5) is 21.5 Å². The van der Waals surface area contributed by atoms with Crippen LogP contribution in [-0.2, 0) is 14.3 Å². The lowest BCUT2D eigenvalue weighted by molar-refractivity contribution is -0.119. The van der Waals surface area contributed by atoms with Crippen molar-refractivity contribution < 1.29 is 23.5 Å². The molecule has 1 aliphatic heterocycles. The van der Waals surface area contributed by atoms with Gasteiger partial charge in [-0.15, -0.1) is 0 Å². The quantitative estimate of drug-likeness (QED) is 0.368. The van der Waals surface area contributed by atoms with Crippen LogP contribution in [0.25, 0.3) is 11.3 Å². The number of thiophene rings is 1. The summed E-state index contributed by atoms with van der Waals surface area (Å²) in [6.45, 7) is 0.149. The van der Waals surface area contributed by atoms with Crippen molar-refractivity contribution in [2.24, 2.45) is 0 Å². The van der Waals surface area contributed by atoms with Crippen LogP contribution >= 0.6 is 11.3 Å². The molecule has 1 aliphatic rings. The first-order valence-electron chi connectivity index (χ1n) is 11.0. The summed E-state index contributed by atoms with van der Waals surface area (Å²) in [5.74, 6) is -1.69.